The number of nitrogens with one attached hydrogen (secondary N) is 1. The summed E-state index contributed by atoms with van der Waals surface area (Å²) in [6.45, 7) is 2.60. The molecule has 2 aromatic rings. The molecule has 6 atom stereocenters. The number of fused-ring (bicyclic) bond motifs is 1. The summed E-state index contributed by atoms with van der Waals surface area (Å²) in [5, 5.41) is 15.5. The van der Waals surface area contributed by atoms with Crippen LogP contribution in [-0.2, 0) is 23.2 Å². The van der Waals surface area contributed by atoms with Gasteiger partial charge in [-0.3, -0.25) is 9.69 Å². The number of rotatable bonds is 6. The van der Waals surface area contributed by atoms with Crippen LogP contribution in [0.5, 0.6) is 11.5 Å². The van der Waals surface area contributed by atoms with Gasteiger partial charge in [0.1, 0.15) is 11.7 Å². The van der Waals surface area contributed by atoms with Crippen LogP contribution in [0.15, 0.2) is 54.6 Å². The topological polar surface area (TPSA) is 71.0 Å². The van der Waals surface area contributed by atoms with Crippen LogP contribution < -0.4 is 14.8 Å². The van der Waals surface area contributed by atoms with Crippen molar-refractivity contribution in [3.05, 3.63) is 71.3 Å². The summed E-state index contributed by atoms with van der Waals surface area (Å²) in [5.74, 6) is 1.66. The summed E-state index contributed by atoms with van der Waals surface area (Å²) in [5.41, 5.74) is 1.65. The summed E-state index contributed by atoms with van der Waals surface area (Å²) in [6, 6.07) is 14.5. The Balaban J connectivity index is 1.24. The van der Waals surface area contributed by atoms with E-state index in [1.807, 2.05) is 42.5 Å². The minimum atomic E-state index is -1.37. The number of amides is 1. The average molecular weight is 499 g/mol. The molecular weight excluding hydrogens is 464 g/mol. The minimum absolute atomic E-state index is 0.0888. The number of piperidine rings is 1. The van der Waals surface area contributed by atoms with Crippen molar-refractivity contribution in [1.29, 1.82) is 0 Å². The fourth-order valence-electron chi connectivity index (χ4n) is 8.84. The van der Waals surface area contributed by atoms with Crippen molar-refractivity contribution in [1.82, 2.24) is 10.2 Å². The highest BCUT2D eigenvalue weighted by Crippen LogP contribution is 2.74. The van der Waals surface area contributed by atoms with E-state index < -0.39 is 17.6 Å². The number of ether oxygens (including phenoxy) is 2. The molecule has 2 N–H and O–H groups in total. The van der Waals surface area contributed by atoms with E-state index in [-0.39, 0.29) is 16.7 Å². The van der Waals surface area contributed by atoms with E-state index in [0.29, 0.717) is 19.0 Å². The Bertz CT molecular complexity index is 1320. The fourth-order valence-corrected chi connectivity index (χ4v) is 8.84. The van der Waals surface area contributed by atoms with Gasteiger partial charge < -0.3 is 19.9 Å². The zero-order chi connectivity index (χ0) is 25.0. The zero-order valence-corrected chi connectivity index (χ0v) is 21.3. The molecule has 37 heavy (non-hydrogen) atoms. The van der Waals surface area contributed by atoms with Crippen molar-refractivity contribution in [2.45, 2.75) is 61.8 Å². The minimum Gasteiger partial charge on any atom is -0.493 e. The lowest BCUT2D eigenvalue weighted by Crippen LogP contribution is -2.79. The van der Waals surface area contributed by atoms with Crippen LogP contribution in [-0.4, -0.2) is 53.9 Å². The smallest absolute Gasteiger partial charge is 0.226 e. The monoisotopic (exact) mass is 498 g/mol. The Morgan fingerprint density at radius 1 is 1.19 bits per heavy atom. The summed E-state index contributed by atoms with van der Waals surface area (Å²) >= 11 is 0. The van der Waals surface area contributed by atoms with Crippen LogP contribution in [0.25, 0.3) is 0 Å². The highest BCUT2D eigenvalue weighted by Gasteiger charge is 2.79. The normalized spacial score (nSPS) is 38.2. The molecule has 0 aromatic heterocycles. The molecule has 4 bridgehead atoms. The number of carbonyl (C=O) groups excluding carboxylic acids is 1. The number of likely N-dealkylation sites (tertiary alicyclic amines) is 1. The molecule has 2 heterocycles. The number of aliphatic hydroxyl groups is 1. The van der Waals surface area contributed by atoms with Crippen molar-refractivity contribution in [2.75, 3.05) is 20.2 Å². The lowest BCUT2D eigenvalue weighted by Gasteiger charge is -2.70. The number of benzene rings is 2. The van der Waals surface area contributed by atoms with Crippen molar-refractivity contribution >= 4 is 5.91 Å². The largest absolute Gasteiger partial charge is 0.493 e. The maximum atomic E-state index is 13.8. The molecular formula is C31H34N2O4. The molecule has 3 fully saturated rings. The Kier molecular flexibility index (Phi) is 4.43. The molecule has 5 aliphatic carbocycles. The van der Waals surface area contributed by atoms with Gasteiger partial charge in [-0.1, -0.05) is 48.6 Å². The molecule has 7 aliphatic rings. The van der Waals surface area contributed by atoms with Crippen LogP contribution in [0, 0.1) is 17.3 Å². The Labute approximate surface area is 217 Å². The van der Waals surface area contributed by atoms with E-state index in [1.54, 1.807) is 7.11 Å². The van der Waals surface area contributed by atoms with Gasteiger partial charge in [-0.25, -0.2) is 0 Å². The van der Waals surface area contributed by atoms with Crippen LogP contribution >= 0.6 is 0 Å². The van der Waals surface area contributed by atoms with Gasteiger partial charge in [0.25, 0.3) is 0 Å². The van der Waals surface area contributed by atoms with Gasteiger partial charge in [-0.15, -0.1) is 0 Å². The van der Waals surface area contributed by atoms with Gasteiger partial charge >= 0.3 is 0 Å². The first-order chi connectivity index (χ1) is 18.0. The van der Waals surface area contributed by atoms with Crippen LogP contribution in [0.2, 0.25) is 0 Å². The van der Waals surface area contributed by atoms with Gasteiger partial charge in [0, 0.05) is 30.1 Å². The Morgan fingerprint density at radius 3 is 2.81 bits per heavy atom. The number of hydrogen-bond acceptors (Lipinski definition) is 5. The third-order valence-corrected chi connectivity index (χ3v) is 10.6. The van der Waals surface area contributed by atoms with Crippen molar-refractivity contribution in [3.63, 3.8) is 0 Å². The molecule has 192 valence electrons. The highest BCUT2D eigenvalue weighted by molar-refractivity contribution is 5.82. The van der Waals surface area contributed by atoms with E-state index in [1.165, 1.54) is 24.0 Å². The fraction of sp³-hybridized carbons (Fsp3) is 0.516. The lowest BCUT2D eigenvalue weighted by molar-refractivity contribution is -0.206. The second-order valence-corrected chi connectivity index (χ2v) is 12.2. The Hall–Kier alpha value is -2.83. The molecule has 9 rings (SSSR count). The van der Waals surface area contributed by atoms with E-state index in [4.69, 9.17) is 9.47 Å². The van der Waals surface area contributed by atoms with Crippen LogP contribution in [0.3, 0.4) is 0 Å². The quantitative estimate of drug-likeness (QED) is 0.598. The third-order valence-electron chi connectivity index (χ3n) is 10.6. The SMILES string of the molecule is COc1ccc2c3c1O[C@H]1[C@@]4(O)C=C[C@@]5(CC4C(=O)NCc4ccccc4)[C@@H](C2)N(CC2CC2)CC[C@]315. The molecule has 1 saturated heterocycles. The molecule has 2 spiro atoms. The van der Waals surface area contributed by atoms with Crippen molar-refractivity contribution in [2.24, 2.45) is 17.3 Å². The molecule has 1 amide bonds. The summed E-state index contributed by atoms with van der Waals surface area (Å²) in [6.07, 6.45) is 8.90. The van der Waals surface area contributed by atoms with Crippen LogP contribution in [0.4, 0.5) is 0 Å². The van der Waals surface area contributed by atoms with Gasteiger partial charge in [-0.05, 0) is 61.8 Å². The number of methoxy groups -OCH3 is 1. The molecule has 2 aromatic carbocycles. The summed E-state index contributed by atoms with van der Waals surface area (Å²) in [7, 11) is 1.68. The second kappa shape index (κ2) is 7.39. The van der Waals surface area contributed by atoms with Crippen LogP contribution in [0.1, 0.15) is 42.4 Å². The zero-order valence-electron chi connectivity index (χ0n) is 21.3. The standard InChI is InChI=1S/C31H34N2O4/c1-36-23-10-9-21-15-24-29-11-12-31(35,22(16-29)27(34)32-17-19-5-3-2-4-6-19)28-30(29,25(21)26(23)37-28)13-14-33(24)18-20-7-8-20/h2-6,9-12,20,22,24,28,35H,7-8,13-18H2,1H3,(H,32,34)/t22?,24-,28-,29-,30+,31-/m1/s1. The highest BCUT2D eigenvalue weighted by atomic mass is 16.5. The van der Waals surface area contributed by atoms with Crippen molar-refractivity contribution in [3.8, 4) is 11.5 Å². The summed E-state index contributed by atoms with van der Waals surface area (Å²) in [4.78, 5) is 16.5. The number of carbonyl (C=O) groups is 1. The first-order valence-corrected chi connectivity index (χ1v) is 13.9. The number of hydrogen-bond donors (Lipinski definition) is 2. The van der Waals surface area contributed by atoms with Crippen molar-refractivity contribution < 1.29 is 19.4 Å². The number of nitrogens with zero attached hydrogens (tertiary/aromatic N) is 1. The molecule has 2 aliphatic heterocycles. The molecule has 6 nitrogen and oxygen atoms in total. The average Bonchev–Trinajstić information content (AvgIpc) is 3.66. The van der Waals surface area contributed by atoms with Gasteiger partial charge in [-0.2, -0.15) is 0 Å². The molecule has 1 unspecified atom stereocenters. The lowest BCUT2D eigenvalue weighted by atomic mass is 9.37. The predicted octanol–water partition coefficient (Wildman–Crippen LogP) is 3.36. The maximum Gasteiger partial charge on any atom is 0.226 e. The van der Waals surface area contributed by atoms with Gasteiger partial charge in [0.15, 0.2) is 11.5 Å². The second-order valence-electron chi connectivity index (χ2n) is 12.2. The first kappa shape index (κ1) is 22.2. The molecule has 0 radical (unpaired) electrons. The van der Waals surface area contributed by atoms with Gasteiger partial charge in [0.05, 0.1) is 18.4 Å². The first-order valence-electron chi connectivity index (χ1n) is 13.9. The predicted molar refractivity (Wildman–Crippen MR) is 138 cm³/mol. The van der Waals surface area contributed by atoms with E-state index in [2.05, 4.69) is 22.4 Å². The van der Waals surface area contributed by atoms with E-state index in [0.717, 1.165) is 48.9 Å². The third kappa shape index (κ3) is 2.70. The molecule has 6 heteroatoms. The van der Waals surface area contributed by atoms with E-state index in [9.17, 15) is 9.90 Å². The maximum absolute atomic E-state index is 13.8. The van der Waals surface area contributed by atoms with E-state index >= 15 is 0 Å². The molecule has 2 saturated carbocycles. The van der Waals surface area contributed by atoms with Gasteiger partial charge in [0.2, 0.25) is 5.91 Å². The summed E-state index contributed by atoms with van der Waals surface area (Å²) < 4.78 is 12.5. The Morgan fingerprint density at radius 2 is 2.03 bits per heavy atom.